The van der Waals surface area contributed by atoms with Gasteiger partial charge in [-0.05, 0) is 68.9 Å². The molecule has 3 rings (SSSR count). The van der Waals surface area contributed by atoms with Gasteiger partial charge in [-0.1, -0.05) is 55.7 Å². The van der Waals surface area contributed by atoms with Crippen LogP contribution < -0.4 is 9.62 Å². The van der Waals surface area contributed by atoms with Gasteiger partial charge < -0.3 is 10.2 Å². The van der Waals surface area contributed by atoms with Gasteiger partial charge in [-0.2, -0.15) is 0 Å². The number of nitrogens with zero attached hydrogens (tertiary/aromatic N) is 2. The van der Waals surface area contributed by atoms with E-state index >= 15 is 0 Å². The first kappa shape index (κ1) is 27.7. The Kier molecular flexibility index (Phi) is 9.54. The molecule has 2 aromatic rings. The van der Waals surface area contributed by atoms with Crippen molar-refractivity contribution in [1.29, 1.82) is 0 Å². The summed E-state index contributed by atoms with van der Waals surface area (Å²) in [6.45, 7) is 5.46. The van der Waals surface area contributed by atoms with Crippen LogP contribution in [0.1, 0.15) is 55.7 Å². The molecule has 196 valence electrons. The maximum atomic E-state index is 13.6. The summed E-state index contributed by atoms with van der Waals surface area (Å²) in [5, 5.41) is 3.12. The molecule has 1 atom stereocenters. The molecule has 0 aromatic heterocycles. The Morgan fingerprint density at radius 2 is 1.61 bits per heavy atom. The fraction of sp³-hybridized carbons (Fsp3) is 0.500. The highest BCUT2D eigenvalue weighted by molar-refractivity contribution is 7.92. The smallest absolute Gasteiger partial charge is 0.244 e. The van der Waals surface area contributed by atoms with E-state index in [2.05, 4.69) is 5.32 Å². The summed E-state index contributed by atoms with van der Waals surface area (Å²) >= 11 is 0. The van der Waals surface area contributed by atoms with Gasteiger partial charge in [0.25, 0.3) is 0 Å². The second kappa shape index (κ2) is 12.4. The molecule has 2 amide bonds. The van der Waals surface area contributed by atoms with Crippen molar-refractivity contribution in [2.75, 3.05) is 23.7 Å². The number of rotatable bonds is 10. The molecule has 0 heterocycles. The lowest BCUT2D eigenvalue weighted by atomic mass is 9.95. The predicted molar refractivity (Wildman–Crippen MR) is 144 cm³/mol. The van der Waals surface area contributed by atoms with E-state index in [9.17, 15) is 18.0 Å². The highest BCUT2D eigenvalue weighted by Gasteiger charge is 2.31. The van der Waals surface area contributed by atoms with Crippen molar-refractivity contribution in [2.45, 2.75) is 71.4 Å². The van der Waals surface area contributed by atoms with E-state index in [4.69, 9.17) is 0 Å². The third-order valence-electron chi connectivity index (χ3n) is 6.78. The summed E-state index contributed by atoms with van der Waals surface area (Å²) in [5.41, 5.74) is 3.31. The van der Waals surface area contributed by atoms with Gasteiger partial charge in [0.2, 0.25) is 21.8 Å². The molecule has 0 saturated heterocycles. The zero-order chi connectivity index (χ0) is 26.3. The largest absolute Gasteiger partial charge is 0.352 e. The van der Waals surface area contributed by atoms with Gasteiger partial charge in [0.1, 0.15) is 12.6 Å². The van der Waals surface area contributed by atoms with Crippen molar-refractivity contribution in [1.82, 2.24) is 10.2 Å². The van der Waals surface area contributed by atoms with Crippen LogP contribution in [0.3, 0.4) is 0 Å². The first-order valence-electron chi connectivity index (χ1n) is 12.7. The summed E-state index contributed by atoms with van der Waals surface area (Å²) in [4.78, 5) is 28.3. The van der Waals surface area contributed by atoms with Crippen molar-refractivity contribution < 1.29 is 18.0 Å². The number of benzene rings is 2. The van der Waals surface area contributed by atoms with Crippen molar-refractivity contribution >= 4 is 27.5 Å². The predicted octanol–water partition coefficient (Wildman–Crippen LogP) is 3.98. The molecule has 2 aromatic carbocycles. The van der Waals surface area contributed by atoms with E-state index in [1.54, 1.807) is 19.1 Å². The summed E-state index contributed by atoms with van der Waals surface area (Å²) < 4.78 is 26.6. The van der Waals surface area contributed by atoms with E-state index in [-0.39, 0.29) is 18.5 Å². The number of hydrogen-bond acceptors (Lipinski definition) is 4. The number of aryl methyl sites for hydroxylation is 2. The lowest BCUT2D eigenvalue weighted by molar-refractivity contribution is -0.139. The summed E-state index contributed by atoms with van der Waals surface area (Å²) in [5.74, 6) is -0.595. The van der Waals surface area contributed by atoms with Crippen LogP contribution in [0.2, 0.25) is 0 Å². The topological polar surface area (TPSA) is 86.8 Å². The van der Waals surface area contributed by atoms with Crippen molar-refractivity contribution in [3.05, 3.63) is 65.2 Å². The van der Waals surface area contributed by atoms with Gasteiger partial charge in [0.05, 0.1) is 11.9 Å². The molecule has 0 bridgehead atoms. The van der Waals surface area contributed by atoms with Crippen LogP contribution in [0.25, 0.3) is 0 Å². The van der Waals surface area contributed by atoms with Crippen molar-refractivity contribution in [3.63, 3.8) is 0 Å². The number of nitrogens with one attached hydrogen (secondary N) is 1. The first-order valence-corrected chi connectivity index (χ1v) is 14.6. The number of carbonyl (C=O) groups excluding carboxylic acids is 2. The van der Waals surface area contributed by atoms with E-state index in [1.165, 1.54) is 11.3 Å². The zero-order valence-electron chi connectivity index (χ0n) is 21.9. The quantitative estimate of drug-likeness (QED) is 0.521. The monoisotopic (exact) mass is 513 g/mol. The molecule has 1 fully saturated rings. The van der Waals surface area contributed by atoms with Gasteiger partial charge >= 0.3 is 0 Å². The summed E-state index contributed by atoms with van der Waals surface area (Å²) in [7, 11) is -3.73. The minimum atomic E-state index is -3.73. The van der Waals surface area contributed by atoms with Crippen molar-refractivity contribution in [2.24, 2.45) is 0 Å². The Morgan fingerprint density at radius 1 is 1.00 bits per heavy atom. The van der Waals surface area contributed by atoms with Crippen LogP contribution in [0.5, 0.6) is 0 Å². The number of carbonyl (C=O) groups is 2. The van der Waals surface area contributed by atoms with Crippen LogP contribution >= 0.6 is 0 Å². The fourth-order valence-electron chi connectivity index (χ4n) is 4.85. The average Bonchev–Trinajstić information content (AvgIpc) is 2.82. The SMILES string of the molecule is Cc1cc(C)cc(N(CC(=O)N(CCc2ccccc2)[C@H](C)C(=O)NC2CCCCC2)S(C)(=O)=O)c1. The first-order chi connectivity index (χ1) is 17.0. The Bertz CT molecular complexity index is 1120. The molecule has 8 heteroatoms. The van der Waals surface area contributed by atoms with Crippen molar-refractivity contribution in [3.8, 4) is 0 Å². The third-order valence-corrected chi connectivity index (χ3v) is 7.92. The van der Waals surface area contributed by atoms with E-state index in [0.717, 1.165) is 52.9 Å². The van der Waals surface area contributed by atoms with Gasteiger partial charge in [-0.25, -0.2) is 8.42 Å². The Hall–Kier alpha value is -2.87. The molecule has 1 aliphatic carbocycles. The number of amides is 2. The molecule has 1 N–H and O–H groups in total. The summed E-state index contributed by atoms with van der Waals surface area (Å²) in [6.07, 6.45) is 6.94. The normalized spacial score (nSPS) is 15.2. The standard InChI is InChI=1S/C28H39N3O4S/c1-21-17-22(2)19-26(18-21)31(36(4,34)35)20-27(32)30(16-15-24-11-7-5-8-12-24)23(3)28(33)29-25-13-9-6-10-14-25/h5,7-8,11-12,17-19,23,25H,6,9-10,13-16,20H2,1-4H3,(H,29,33)/t23-/m1/s1. The number of sulfonamides is 1. The van der Waals surface area contributed by atoms with Crippen LogP contribution in [0.15, 0.2) is 48.5 Å². The Morgan fingerprint density at radius 3 is 2.19 bits per heavy atom. The average molecular weight is 514 g/mol. The molecule has 36 heavy (non-hydrogen) atoms. The second-order valence-corrected chi connectivity index (χ2v) is 11.9. The van der Waals surface area contributed by atoms with Crippen LogP contribution in [-0.4, -0.2) is 56.6 Å². The molecule has 0 spiro atoms. The van der Waals surface area contributed by atoms with Gasteiger partial charge in [-0.15, -0.1) is 0 Å². The molecule has 1 aliphatic rings. The molecule has 1 saturated carbocycles. The molecular weight excluding hydrogens is 474 g/mol. The minimum absolute atomic E-state index is 0.127. The fourth-order valence-corrected chi connectivity index (χ4v) is 5.68. The molecule has 7 nitrogen and oxygen atoms in total. The maximum absolute atomic E-state index is 13.6. The molecule has 0 aliphatic heterocycles. The Labute approximate surface area is 215 Å². The minimum Gasteiger partial charge on any atom is -0.352 e. The van der Waals surface area contributed by atoms with Crippen LogP contribution in [-0.2, 0) is 26.0 Å². The highest BCUT2D eigenvalue weighted by Crippen LogP contribution is 2.22. The Balaban J connectivity index is 1.83. The number of anilines is 1. The van der Waals surface area contributed by atoms with Gasteiger partial charge in [0, 0.05) is 12.6 Å². The lowest BCUT2D eigenvalue weighted by Crippen LogP contribution is -2.53. The molecule has 0 radical (unpaired) electrons. The van der Waals surface area contributed by atoms with Crippen LogP contribution in [0, 0.1) is 13.8 Å². The lowest BCUT2D eigenvalue weighted by Gasteiger charge is -2.33. The number of hydrogen-bond donors (Lipinski definition) is 1. The second-order valence-electron chi connectivity index (χ2n) is 9.96. The van der Waals surface area contributed by atoms with Crippen LogP contribution in [0.4, 0.5) is 5.69 Å². The van der Waals surface area contributed by atoms with E-state index in [0.29, 0.717) is 18.7 Å². The highest BCUT2D eigenvalue weighted by atomic mass is 32.2. The molecular formula is C28H39N3O4S. The summed E-state index contributed by atoms with van der Waals surface area (Å²) in [6, 6.07) is 14.6. The van der Waals surface area contributed by atoms with Gasteiger partial charge in [0.15, 0.2) is 0 Å². The zero-order valence-corrected chi connectivity index (χ0v) is 22.7. The molecule has 0 unspecified atom stereocenters. The maximum Gasteiger partial charge on any atom is 0.244 e. The van der Waals surface area contributed by atoms with E-state index < -0.39 is 22.0 Å². The van der Waals surface area contributed by atoms with Gasteiger partial charge in [-0.3, -0.25) is 13.9 Å². The van der Waals surface area contributed by atoms with E-state index in [1.807, 2.05) is 50.2 Å². The third kappa shape index (κ3) is 7.82.